The van der Waals surface area contributed by atoms with E-state index in [2.05, 4.69) is 4.98 Å². The fraction of sp³-hybridized carbons (Fsp3) is 0.0833. The predicted octanol–water partition coefficient (Wildman–Crippen LogP) is 4.34. The summed E-state index contributed by atoms with van der Waals surface area (Å²) in [7, 11) is 0. The molecule has 0 atom stereocenters. The summed E-state index contributed by atoms with van der Waals surface area (Å²) in [6.07, 6.45) is 1.27. The van der Waals surface area contributed by atoms with E-state index in [9.17, 15) is 9.50 Å². The van der Waals surface area contributed by atoms with E-state index < -0.39 is 5.95 Å². The normalized spacial score (nSPS) is 10.7. The maximum atomic E-state index is 13.8. The molecule has 6 heteroatoms. The quantitative estimate of drug-likeness (QED) is 0.661. The van der Waals surface area contributed by atoms with Crippen LogP contribution in [0, 0.1) is 5.95 Å². The van der Waals surface area contributed by atoms with E-state index in [-0.39, 0.29) is 27.2 Å². The summed E-state index contributed by atoms with van der Waals surface area (Å²) < 4.78 is 13.8. The van der Waals surface area contributed by atoms with E-state index in [0.717, 1.165) is 0 Å². The molecule has 0 unspecified atom stereocenters. The average molecular weight is 307 g/mol. The highest BCUT2D eigenvalue weighted by molar-refractivity contribution is 6.44. The van der Waals surface area contributed by atoms with E-state index in [1.807, 2.05) is 0 Å². The van der Waals surface area contributed by atoms with Crippen LogP contribution in [0.25, 0.3) is 11.1 Å². The number of hydrogen-bond donors (Lipinski definition) is 1. The molecule has 0 saturated heterocycles. The number of benzene rings is 1. The van der Waals surface area contributed by atoms with Gasteiger partial charge in [0.05, 0.1) is 21.7 Å². The molecule has 0 saturated carbocycles. The van der Waals surface area contributed by atoms with Crippen molar-refractivity contribution in [1.29, 1.82) is 0 Å². The molecule has 2 rings (SSSR count). The van der Waals surface area contributed by atoms with Gasteiger partial charge in [-0.1, -0.05) is 34.8 Å². The first kappa shape index (κ1) is 13.6. The van der Waals surface area contributed by atoms with Crippen LogP contribution in [-0.4, -0.2) is 10.1 Å². The zero-order valence-corrected chi connectivity index (χ0v) is 11.2. The molecule has 1 heterocycles. The fourth-order valence-electron chi connectivity index (χ4n) is 1.60. The number of rotatable bonds is 2. The van der Waals surface area contributed by atoms with Gasteiger partial charge < -0.3 is 5.11 Å². The van der Waals surface area contributed by atoms with Gasteiger partial charge >= 0.3 is 0 Å². The Morgan fingerprint density at radius 2 is 1.78 bits per heavy atom. The number of hydrogen-bond acceptors (Lipinski definition) is 2. The largest absolute Gasteiger partial charge is 0.392 e. The highest BCUT2D eigenvalue weighted by Gasteiger charge is 2.16. The van der Waals surface area contributed by atoms with Crippen molar-refractivity contribution in [2.45, 2.75) is 6.61 Å². The molecular weight excluding hydrogens is 299 g/mol. The summed E-state index contributed by atoms with van der Waals surface area (Å²) >= 11 is 17.7. The predicted molar refractivity (Wildman–Crippen MR) is 70.6 cm³/mol. The molecule has 1 N–H and O–H groups in total. The maximum absolute atomic E-state index is 13.8. The maximum Gasteiger partial charge on any atom is 0.221 e. The topological polar surface area (TPSA) is 33.1 Å². The van der Waals surface area contributed by atoms with Crippen molar-refractivity contribution in [3.63, 3.8) is 0 Å². The zero-order valence-electron chi connectivity index (χ0n) is 8.92. The number of aliphatic hydroxyl groups is 1. The number of aliphatic hydroxyl groups excluding tert-OH is 1. The molecule has 1 aromatic heterocycles. The Kier molecular flexibility index (Phi) is 4.07. The summed E-state index contributed by atoms with van der Waals surface area (Å²) in [5.74, 6) is -0.721. The van der Waals surface area contributed by atoms with Crippen molar-refractivity contribution in [2.75, 3.05) is 0 Å². The molecule has 0 amide bonds. The van der Waals surface area contributed by atoms with E-state index >= 15 is 0 Å². The molecule has 1 aromatic carbocycles. The van der Waals surface area contributed by atoms with Crippen molar-refractivity contribution < 1.29 is 9.50 Å². The van der Waals surface area contributed by atoms with Gasteiger partial charge in [0.2, 0.25) is 5.95 Å². The second-order valence-corrected chi connectivity index (χ2v) is 4.76. The van der Waals surface area contributed by atoms with Crippen LogP contribution in [0.2, 0.25) is 15.1 Å². The van der Waals surface area contributed by atoms with E-state index in [1.54, 1.807) is 0 Å². The molecule has 94 valence electrons. The Morgan fingerprint density at radius 1 is 1.11 bits per heavy atom. The molecule has 0 aliphatic heterocycles. The van der Waals surface area contributed by atoms with Crippen LogP contribution in [0.1, 0.15) is 5.56 Å². The lowest BCUT2D eigenvalue weighted by molar-refractivity contribution is 0.281. The monoisotopic (exact) mass is 305 g/mol. The molecule has 2 nitrogen and oxygen atoms in total. The third-order valence-corrected chi connectivity index (χ3v) is 3.48. The molecule has 18 heavy (non-hydrogen) atoms. The molecule has 0 radical (unpaired) electrons. The second kappa shape index (κ2) is 5.41. The van der Waals surface area contributed by atoms with Gasteiger partial charge in [0, 0.05) is 17.3 Å². The van der Waals surface area contributed by atoms with Gasteiger partial charge in [-0.15, -0.1) is 0 Å². The van der Waals surface area contributed by atoms with E-state index in [1.165, 1.54) is 24.4 Å². The Hall–Kier alpha value is -0.870. The highest BCUT2D eigenvalue weighted by atomic mass is 35.5. The minimum atomic E-state index is -0.721. The first-order valence-corrected chi connectivity index (χ1v) is 6.07. The van der Waals surface area contributed by atoms with Crippen molar-refractivity contribution in [3.05, 3.63) is 51.0 Å². The highest BCUT2D eigenvalue weighted by Crippen LogP contribution is 2.37. The van der Waals surface area contributed by atoms with Crippen LogP contribution in [0.4, 0.5) is 4.39 Å². The van der Waals surface area contributed by atoms with Crippen LogP contribution < -0.4 is 0 Å². The summed E-state index contributed by atoms with van der Waals surface area (Å²) in [6, 6.07) is 4.39. The van der Waals surface area contributed by atoms with Gasteiger partial charge in [-0.3, -0.25) is 0 Å². The summed E-state index contributed by atoms with van der Waals surface area (Å²) in [4.78, 5) is 3.54. The van der Waals surface area contributed by atoms with E-state index in [0.29, 0.717) is 11.1 Å². The summed E-state index contributed by atoms with van der Waals surface area (Å²) in [5, 5.41) is 10.00. The van der Waals surface area contributed by atoms with Crippen LogP contribution in [-0.2, 0) is 6.61 Å². The average Bonchev–Trinajstić information content (AvgIpc) is 2.34. The van der Waals surface area contributed by atoms with Crippen LogP contribution in [0.5, 0.6) is 0 Å². The molecule has 0 aliphatic rings. The number of halogens is 4. The lowest BCUT2D eigenvalue weighted by Gasteiger charge is -2.11. The van der Waals surface area contributed by atoms with Gasteiger partial charge in [0.1, 0.15) is 0 Å². The van der Waals surface area contributed by atoms with Gasteiger partial charge in [-0.25, -0.2) is 4.98 Å². The van der Waals surface area contributed by atoms with Crippen molar-refractivity contribution in [1.82, 2.24) is 4.98 Å². The number of nitrogens with zero attached hydrogens (tertiary/aromatic N) is 1. The molecule has 0 spiro atoms. The minimum absolute atomic E-state index is 0.128. The number of pyridine rings is 1. The van der Waals surface area contributed by atoms with Crippen LogP contribution in [0.15, 0.2) is 24.4 Å². The zero-order chi connectivity index (χ0) is 13.3. The Balaban J connectivity index is 2.73. The standard InChI is InChI=1S/C12H7Cl3FNO/c13-8-4-10(15)9(14)3-7(8)11-6(5-18)1-2-17-12(11)16/h1-4,18H,5H2. The lowest BCUT2D eigenvalue weighted by atomic mass is 10.0. The molecule has 2 aromatic rings. The Bertz CT molecular complexity index is 604. The van der Waals surface area contributed by atoms with Gasteiger partial charge in [0.25, 0.3) is 0 Å². The third kappa shape index (κ3) is 2.45. The SMILES string of the molecule is OCc1ccnc(F)c1-c1cc(Cl)c(Cl)cc1Cl. The molecular formula is C12H7Cl3FNO. The van der Waals surface area contributed by atoms with Gasteiger partial charge in [-0.2, -0.15) is 4.39 Å². The molecule has 0 bridgehead atoms. The van der Waals surface area contributed by atoms with Gasteiger partial charge in [0.15, 0.2) is 0 Å². The fourth-order valence-corrected chi connectivity index (χ4v) is 2.24. The first-order valence-electron chi connectivity index (χ1n) is 4.93. The summed E-state index contributed by atoms with van der Waals surface area (Å²) in [5.41, 5.74) is 0.854. The lowest BCUT2D eigenvalue weighted by Crippen LogP contribution is -1.97. The third-order valence-electron chi connectivity index (χ3n) is 2.44. The molecule has 0 fully saturated rings. The van der Waals surface area contributed by atoms with E-state index in [4.69, 9.17) is 34.8 Å². The van der Waals surface area contributed by atoms with Crippen LogP contribution >= 0.6 is 34.8 Å². The Labute approximate surface area is 118 Å². The Morgan fingerprint density at radius 3 is 2.44 bits per heavy atom. The number of aromatic nitrogens is 1. The van der Waals surface area contributed by atoms with Crippen molar-refractivity contribution >= 4 is 34.8 Å². The van der Waals surface area contributed by atoms with Crippen molar-refractivity contribution in [3.8, 4) is 11.1 Å². The van der Waals surface area contributed by atoms with Crippen molar-refractivity contribution in [2.24, 2.45) is 0 Å². The smallest absolute Gasteiger partial charge is 0.221 e. The second-order valence-electron chi connectivity index (χ2n) is 3.54. The minimum Gasteiger partial charge on any atom is -0.392 e. The van der Waals surface area contributed by atoms with Crippen LogP contribution in [0.3, 0.4) is 0 Å². The van der Waals surface area contributed by atoms with Gasteiger partial charge in [-0.05, 0) is 23.8 Å². The summed E-state index contributed by atoms with van der Waals surface area (Å²) in [6.45, 7) is -0.328. The first-order chi connectivity index (χ1) is 8.54. The molecule has 0 aliphatic carbocycles.